The van der Waals surface area contributed by atoms with Crippen LogP contribution >= 0.6 is 21.6 Å². The standard InChI is InChI=1S/C16H22N2O4S2/c19-15(20)5-9-23-24-10-8-18-16(21)12-1-2-14(11-12)22-13-3-6-17-7-4-13/h3-4,6-7,12,14H,1-2,5,8-11H2,(H,18,21)(H,19,20)/t12-,14-/m1/s1. The Bertz CT molecular complexity index is 530. The molecule has 2 atom stereocenters. The summed E-state index contributed by atoms with van der Waals surface area (Å²) < 4.78 is 5.87. The number of rotatable bonds is 10. The predicted molar refractivity (Wildman–Crippen MR) is 96.2 cm³/mol. The van der Waals surface area contributed by atoms with Gasteiger partial charge in [0, 0.05) is 36.4 Å². The Balaban J connectivity index is 1.56. The smallest absolute Gasteiger partial charge is 0.304 e. The second-order valence-electron chi connectivity index (χ2n) is 5.51. The Morgan fingerprint density at radius 1 is 1.25 bits per heavy atom. The molecule has 1 aromatic heterocycles. The molecular weight excluding hydrogens is 348 g/mol. The Kier molecular flexibility index (Phi) is 8.24. The molecule has 2 N–H and O–H groups in total. The van der Waals surface area contributed by atoms with Crippen LogP contribution in [-0.4, -0.2) is 46.1 Å². The third kappa shape index (κ3) is 7.00. The van der Waals surface area contributed by atoms with Crippen molar-refractivity contribution in [3.05, 3.63) is 24.5 Å². The summed E-state index contributed by atoms with van der Waals surface area (Å²) in [5.74, 6) is 1.49. The topological polar surface area (TPSA) is 88.5 Å². The molecule has 0 radical (unpaired) electrons. The number of hydrogen-bond donors (Lipinski definition) is 2. The van der Waals surface area contributed by atoms with Crippen LogP contribution in [0.25, 0.3) is 0 Å². The molecule has 0 saturated heterocycles. The average molecular weight is 370 g/mol. The number of nitrogens with one attached hydrogen (secondary N) is 1. The van der Waals surface area contributed by atoms with Gasteiger partial charge in [-0.1, -0.05) is 21.6 Å². The number of aliphatic carboxylic acids is 1. The summed E-state index contributed by atoms with van der Waals surface area (Å²) in [6.07, 6.45) is 6.13. The van der Waals surface area contributed by atoms with Crippen molar-refractivity contribution in [1.29, 1.82) is 0 Å². The lowest BCUT2D eigenvalue weighted by molar-refractivity contribution is -0.136. The Morgan fingerprint density at radius 2 is 2.00 bits per heavy atom. The quantitative estimate of drug-likeness (QED) is 0.483. The first-order chi connectivity index (χ1) is 11.6. The maximum Gasteiger partial charge on any atom is 0.304 e. The fourth-order valence-electron chi connectivity index (χ4n) is 2.50. The average Bonchev–Trinajstić information content (AvgIpc) is 3.03. The van der Waals surface area contributed by atoms with E-state index in [1.165, 1.54) is 10.8 Å². The summed E-state index contributed by atoms with van der Waals surface area (Å²) in [7, 11) is 3.12. The van der Waals surface area contributed by atoms with Crippen LogP contribution in [0.15, 0.2) is 24.5 Å². The lowest BCUT2D eigenvalue weighted by atomic mass is 10.1. The molecule has 0 spiro atoms. The first-order valence-electron chi connectivity index (χ1n) is 7.95. The zero-order valence-corrected chi connectivity index (χ0v) is 15.0. The van der Waals surface area contributed by atoms with Crippen LogP contribution in [0.5, 0.6) is 5.75 Å². The number of amides is 1. The monoisotopic (exact) mass is 370 g/mol. The van der Waals surface area contributed by atoms with Crippen molar-refractivity contribution in [2.24, 2.45) is 5.92 Å². The molecule has 8 heteroatoms. The van der Waals surface area contributed by atoms with Crippen LogP contribution in [0.4, 0.5) is 0 Å². The summed E-state index contributed by atoms with van der Waals surface area (Å²) in [6, 6.07) is 3.65. The second kappa shape index (κ2) is 10.5. The Hall–Kier alpha value is -1.41. The highest BCUT2D eigenvalue weighted by Gasteiger charge is 2.30. The van der Waals surface area contributed by atoms with Crippen molar-refractivity contribution >= 4 is 33.5 Å². The number of hydrogen-bond acceptors (Lipinski definition) is 6. The van der Waals surface area contributed by atoms with Crippen molar-refractivity contribution in [2.75, 3.05) is 18.1 Å². The van der Waals surface area contributed by atoms with E-state index in [2.05, 4.69) is 10.3 Å². The summed E-state index contributed by atoms with van der Waals surface area (Å²) in [5, 5.41) is 11.5. The van der Waals surface area contributed by atoms with Gasteiger partial charge >= 0.3 is 5.97 Å². The molecule has 1 aromatic rings. The first kappa shape index (κ1) is 18.9. The number of carboxylic acid groups (broad SMARTS) is 1. The highest BCUT2D eigenvalue weighted by atomic mass is 33.1. The predicted octanol–water partition coefficient (Wildman–Crippen LogP) is 2.60. The molecule has 0 aromatic carbocycles. The van der Waals surface area contributed by atoms with E-state index in [-0.39, 0.29) is 24.3 Å². The van der Waals surface area contributed by atoms with Gasteiger partial charge in [0.05, 0.1) is 12.5 Å². The van der Waals surface area contributed by atoms with Crippen LogP contribution in [0.2, 0.25) is 0 Å². The van der Waals surface area contributed by atoms with Gasteiger partial charge in [0.25, 0.3) is 0 Å². The lowest BCUT2D eigenvalue weighted by Gasteiger charge is -2.14. The molecule has 0 aliphatic heterocycles. The summed E-state index contributed by atoms with van der Waals surface area (Å²) >= 11 is 0. The van der Waals surface area contributed by atoms with Gasteiger partial charge in [-0.2, -0.15) is 0 Å². The SMILES string of the molecule is O=C(O)CCSSCCNC(=O)[C@@H]1CC[C@@H](Oc2ccncc2)C1. The summed E-state index contributed by atoms with van der Waals surface area (Å²) in [6.45, 7) is 0.607. The number of aromatic nitrogens is 1. The van der Waals surface area contributed by atoms with Gasteiger partial charge in [-0.3, -0.25) is 14.6 Å². The maximum absolute atomic E-state index is 12.2. The van der Waals surface area contributed by atoms with Gasteiger partial charge in [0.1, 0.15) is 5.75 Å². The summed E-state index contributed by atoms with van der Waals surface area (Å²) in [5.41, 5.74) is 0. The molecule has 1 amide bonds. The van der Waals surface area contributed by atoms with Crippen molar-refractivity contribution in [3.63, 3.8) is 0 Å². The van der Waals surface area contributed by atoms with Crippen molar-refractivity contribution < 1.29 is 19.4 Å². The van der Waals surface area contributed by atoms with Crippen LogP contribution in [0.3, 0.4) is 0 Å². The minimum Gasteiger partial charge on any atom is -0.490 e. The molecule has 2 rings (SSSR count). The van der Waals surface area contributed by atoms with Gasteiger partial charge in [-0.15, -0.1) is 0 Å². The second-order valence-corrected chi connectivity index (χ2v) is 8.21. The number of nitrogens with zero attached hydrogens (tertiary/aromatic N) is 1. The minimum atomic E-state index is -0.777. The fraction of sp³-hybridized carbons (Fsp3) is 0.562. The van der Waals surface area contributed by atoms with E-state index in [4.69, 9.17) is 9.84 Å². The van der Waals surface area contributed by atoms with Crippen molar-refractivity contribution in [3.8, 4) is 5.75 Å². The van der Waals surface area contributed by atoms with E-state index in [0.717, 1.165) is 30.8 Å². The van der Waals surface area contributed by atoms with E-state index in [9.17, 15) is 9.59 Å². The summed E-state index contributed by atoms with van der Waals surface area (Å²) in [4.78, 5) is 26.5. The highest BCUT2D eigenvalue weighted by Crippen LogP contribution is 2.29. The van der Waals surface area contributed by atoms with Gasteiger partial charge in [-0.25, -0.2) is 0 Å². The van der Waals surface area contributed by atoms with E-state index in [1.54, 1.807) is 23.2 Å². The van der Waals surface area contributed by atoms with E-state index >= 15 is 0 Å². The normalized spacial score (nSPS) is 19.8. The molecule has 0 unspecified atom stereocenters. The zero-order valence-electron chi connectivity index (χ0n) is 13.3. The molecule has 24 heavy (non-hydrogen) atoms. The van der Waals surface area contributed by atoms with Crippen molar-refractivity contribution in [1.82, 2.24) is 10.3 Å². The molecule has 0 bridgehead atoms. The number of carboxylic acids is 1. The van der Waals surface area contributed by atoms with Crippen LogP contribution in [0, 0.1) is 5.92 Å². The van der Waals surface area contributed by atoms with Gasteiger partial charge in [0.2, 0.25) is 5.91 Å². The Labute approximate surface area is 149 Å². The number of carbonyl (C=O) groups excluding carboxylic acids is 1. The zero-order chi connectivity index (χ0) is 17.2. The molecule has 1 heterocycles. The first-order valence-corrected chi connectivity index (χ1v) is 10.4. The Morgan fingerprint density at radius 3 is 2.75 bits per heavy atom. The molecule has 132 valence electrons. The molecule has 6 nitrogen and oxygen atoms in total. The minimum absolute atomic E-state index is 0.0153. The maximum atomic E-state index is 12.2. The van der Waals surface area contributed by atoms with Crippen LogP contribution < -0.4 is 10.1 Å². The van der Waals surface area contributed by atoms with Crippen molar-refractivity contribution in [2.45, 2.75) is 31.8 Å². The highest BCUT2D eigenvalue weighted by molar-refractivity contribution is 8.76. The van der Waals surface area contributed by atoms with Gasteiger partial charge in [-0.05, 0) is 31.4 Å². The number of ether oxygens (including phenoxy) is 1. The largest absolute Gasteiger partial charge is 0.490 e. The number of carbonyl (C=O) groups is 2. The van der Waals surface area contributed by atoms with E-state index < -0.39 is 5.97 Å². The van der Waals surface area contributed by atoms with E-state index in [0.29, 0.717) is 12.3 Å². The van der Waals surface area contributed by atoms with Gasteiger partial charge in [0.15, 0.2) is 0 Å². The molecular formula is C16H22N2O4S2. The molecule has 1 aliphatic rings. The number of pyridine rings is 1. The molecule has 1 aliphatic carbocycles. The molecule has 1 fully saturated rings. The fourth-order valence-corrected chi connectivity index (χ4v) is 4.39. The third-order valence-corrected chi connectivity index (χ3v) is 6.08. The van der Waals surface area contributed by atoms with Gasteiger partial charge < -0.3 is 15.2 Å². The molecule has 1 saturated carbocycles. The van der Waals surface area contributed by atoms with Crippen LogP contribution in [-0.2, 0) is 9.59 Å². The third-order valence-electron chi connectivity index (χ3n) is 3.68. The lowest BCUT2D eigenvalue weighted by Crippen LogP contribution is -2.31. The van der Waals surface area contributed by atoms with E-state index in [1.807, 2.05) is 12.1 Å². The van der Waals surface area contributed by atoms with Crippen LogP contribution in [0.1, 0.15) is 25.7 Å².